The third-order valence-corrected chi connectivity index (χ3v) is 2.35. The van der Waals surface area contributed by atoms with E-state index in [1.807, 2.05) is 19.2 Å². The lowest BCUT2D eigenvalue weighted by molar-refractivity contribution is 0.199. The van der Waals surface area contributed by atoms with Crippen molar-refractivity contribution < 1.29 is 5.11 Å². The minimum Gasteiger partial charge on any atom is -0.389 e. The van der Waals surface area contributed by atoms with Crippen LogP contribution in [0, 0.1) is 5.41 Å². The Kier molecular flexibility index (Phi) is 3.92. The summed E-state index contributed by atoms with van der Waals surface area (Å²) in [4.78, 5) is 6.44. The molecule has 1 rings (SSSR count). The van der Waals surface area contributed by atoms with E-state index in [9.17, 15) is 5.11 Å². The summed E-state index contributed by atoms with van der Waals surface area (Å²) in [6, 6.07) is 3.79. The molecule has 0 aliphatic heterocycles. The minimum absolute atomic E-state index is 0.233. The first kappa shape index (κ1) is 13.0. The van der Waals surface area contributed by atoms with Gasteiger partial charge in [-0.05, 0) is 30.0 Å². The van der Waals surface area contributed by atoms with Gasteiger partial charge in [-0.3, -0.25) is 0 Å². The molecular formula is C13H22N2O. The lowest BCUT2D eigenvalue weighted by atomic mass is 9.96. The third-order valence-electron chi connectivity index (χ3n) is 2.35. The Bertz CT molecular complexity index is 342. The highest BCUT2D eigenvalue weighted by atomic mass is 16.3. The number of aliphatic hydroxyl groups is 1. The maximum atomic E-state index is 9.52. The SMILES string of the molecule is C[C@H](O)c1ccnc(N(C)CC(C)(C)C)c1. The van der Waals surface area contributed by atoms with Crippen LogP contribution in [0.1, 0.15) is 39.4 Å². The predicted octanol–water partition coefficient (Wildman–Crippen LogP) is 2.62. The van der Waals surface area contributed by atoms with Gasteiger partial charge < -0.3 is 10.0 Å². The summed E-state index contributed by atoms with van der Waals surface area (Å²) in [5.41, 5.74) is 1.14. The molecule has 3 nitrogen and oxygen atoms in total. The second kappa shape index (κ2) is 4.83. The van der Waals surface area contributed by atoms with Crippen LogP contribution in [0.2, 0.25) is 0 Å². The quantitative estimate of drug-likeness (QED) is 0.854. The molecule has 1 aromatic rings. The van der Waals surface area contributed by atoms with Gasteiger partial charge in [0.25, 0.3) is 0 Å². The summed E-state index contributed by atoms with van der Waals surface area (Å²) in [5.74, 6) is 0.910. The fourth-order valence-corrected chi connectivity index (χ4v) is 1.70. The van der Waals surface area contributed by atoms with Gasteiger partial charge in [0.1, 0.15) is 5.82 Å². The first-order chi connectivity index (χ1) is 7.29. The third kappa shape index (κ3) is 3.81. The predicted molar refractivity (Wildman–Crippen MR) is 67.6 cm³/mol. The van der Waals surface area contributed by atoms with Crippen molar-refractivity contribution in [1.82, 2.24) is 4.98 Å². The molecular weight excluding hydrogens is 200 g/mol. The van der Waals surface area contributed by atoms with E-state index in [4.69, 9.17) is 0 Å². The highest BCUT2D eigenvalue weighted by molar-refractivity contribution is 5.40. The Labute approximate surface area is 98.1 Å². The highest BCUT2D eigenvalue weighted by Gasteiger charge is 2.15. The van der Waals surface area contributed by atoms with Gasteiger partial charge in [-0.1, -0.05) is 20.8 Å². The van der Waals surface area contributed by atoms with Crippen molar-refractivity contribution in [2.45, 2.75) is 33.8 Å². The molecule has 0 saturated carbocycles. The number of aromatic nitrogens is 1. The van der Waals surface area contributed by atoms with Gasteiger partial charge in [-0.25, -0.2) is 4.98 Å². The first-order valence-electron chi connectivity index (χ1n) is 5.65. The Morgan fingerprint density at radius 1 is 1.44 bits per heavy atom. The molecule has 16 heavy (non-hydrogen) atoms. The molecule has 0 fully saturated rings. The van der Waals surface area contributed by atoms with Gasteiger partial charge in [-0.2, -0.15) is 0 Å². The smallest absolute Gasteiger partial charge is 0.128 e. The zero-order valence-electron chi connectivity index (χ0n) is 10.9. The van der Waals surface area contributed by atoms with Gasteiger partial charge in [0.05, 0.1) is 6.10 Å². The molecule has 1 aromatic heterocycles. The molecule has 90 valence electrons. The van der Waals surface area contributed by atoms with E-state index in [1.54, 1.807) is 13.1 Å². The zero-order chi connectivity index (χ0) is 12.3. The molecule has 0 radical (unpaired) electrons. The van der Waals surface area contributed by atoms with Crippen LogP contribution < -0.4 is 4.90 Å². The van der Waals surface area contributed by atoms with Crippen molar-refractivity contribution >= 4 is 5.82 Å². The van der Waals surface area contributed by atoms with Crippen LogP contribution >= 0.6 is 0 Å². The van der Waals surface area contributed by atoms with Crippen molar-refractivity contribution in [3.63, 3.8) is 0 Å². The first-order valence-corrected chi connectivity index (χ1v) is 5.65. The fraction of sp³-hybridized carbons (Fsp3) is 0.615. The maximum Gasteiger partial charge on any atom is 0.128 e. The number of hydrogen-bond acceptors (Lipinski definition) is 3. The van der Waals surface area contributed by atoms with E-state index >= 15 is 0 Å². The van der Waals surface area contributed by atoms with Crippen molar-refractivity contribution in [2.75, 3.05) is 18.5 Å². The number of anilines is 1. The Balaban J connectivity index is 2.83. The lowest BCUT2D eigenvalue weighted by Gasteiger charge is -2.27. The molecule has 0 spiro atoms. The van der Waals surface area contributed by atoms with Crippen molar-refractivity contribution in [1.29, 1.82) is 0 Å². The van der Waals surface area contributed by atoms with Crippen LogP contribution in [0.5, 0.6) is 0 Å². The number of hydrogen-bond donors (Lipinski definition) is 1. The van der Waals surface area contributed by atoms with E-state index in [1.165, 1.54) is 0 Å². The fourth-order valence-electron chi connectivity index (χ4n) is 1.70. The van der Waals surface area contributed by atoms with Crippen LogP contribution in [-0.4, -0.2) is 23.7 Å². The van der Waals surface area contributed by atoms with Gasteiger partial charge in [0.15, 0.2) is 0 Å². The topological polar surface area (TPSA) is 36.4 Å². The molecule has 1 atom stereocenters. The van der Waals surface area contributed by atoms with E-state index in [-0.39, 0.29) is 5.41 Å². The molecule has 1 heterocycles. The zero-order valence-corrected chi connectivity index (χ0v) is 10.9. The summed E-state index contributed by atoms with van der Waals surface area (Å²) in [5, 5.41) is 9.52. The molecule has 0 aliphatic rings. The second-order valence-corrected chi connectivity index (χ2v) is 5.54. The van der Waals surface area contributed by atoms with E-state index in [2.05, 4.69) is 30.7 Å². The van der Waals surface area contributed by atoms with E-state index < -0.39 is 6.10 Å². The van der Waals surface area contributed by atoms with Crippen LogP contribution in [0.25, 0.3) is 0 Å². The highest BCUT2D eigenvalue weighted by Crippen LogP contribution is 2.21. The van der Waals surface area contributed by atoms with E-state index in [0.29, 0.717) is 0 Å². The Hall–Kier alpha value is -1.09. The van der Waals surface area contributed by atoms with Crippen LogP contribution in [-0.2, 0) is 0 Å². The maximum absolute atomic E-state index is 9.52. The van der Waals surface area contributed by atoms with Gasteiger partial charge in [-0.15, -0.1) is 0 Å². The van der Waals surface area contributed by atoms with Gasteiger partial charge >= 0.3 is 0 Å². The average molecular weight is 222 g/mol. The molecule has 0 amide bonds. The molecule has 3 heteroatoms. The normalized spacial score (nSPS) is 13.6. The lowest BCUT2D eigenvalue weighted by Crippen LogP contribution is -2.29. The van der Waals surface area contributed by atoms with Crippen LogP contribution in [0.3, 0.4) is 0 Å². The molecule has 1 N–H and O–H groups in total. The summed E-state index contributed by atoms with van der Waals surface area (Å²) in [7, 11) is 2.03. The summed E-state index contributed by atoms with van der Waals surface area (Å²) >= 11 is 0. The molecule has 0 aromatic carbocycles. The molecule has 0 unspecified atom stereocenters. The summed E-state index contributed by atoms with van der Waals surface area (Å²) < 4.78 is 0. The Morgan fingerprint density at radius 3 is 2.56 bits per heavy atom. The van der Waals surface area contributed by atoms with Gasteiger partial charge in [0.2, 0.25) is 0 Å². The number of rotatable bonds is 3. The number of nitrogens with zero attached hydrogens (tertiary/aromatic N) is 2. The van der Waals surface area contributed by atoms with Crippen LogP contribution in [0.4, 0.5) is 5.82 Å². The molecule has 0 aliphatic carbocycles. The second-order valence-electron chi connectivity index (χ2n) is 5.54. The molecule has 0 bridgehead atoms. The van der Waals surface area contributed by atoms with Crippen molar-refractivity contribution in [3.8, 4) is 0 Å². The Morgan fingerprint density at radius 2 is 2.06 bits per heavy atom. The van der Waals surface area contributed by atoms with Crippen LogP contribution in [0.15, 0.2) is 18.3 Å². The molecule has 0 saturated heterocycles. The standard InChI is InChI=1S/C13H22N2O/c1-10(16)11-6-7-14-12(8-11)15(5)9-13(2,3)4/h6-8,10,16H,9H2,1-5H3/t10-/m0/s1. The largest absolute Gasteiger partial charge is 0.389 e. The van der Waals surface area contributed by atoms with Gasteiger partial charge in [0, 0.05) is 19.8 Å². The summed E-state index contributed by atoms with van der Waals surface area (Å²) in [6.45, 7) is 9.29. The minimum atomic E-state index is -0.440. The van der Waals surface area contributed by atoms with Crippen molar-refractivity contribution in [2.24, 2.45) is 5.41 Å². The van der Waals surface area contributed by atoms with Crippen molar-refractivity contribution in [3.05, 3.63) is 23.9 Å². The number of aliphatic hydroxyl groups excluding tert-OH is 1. The summed E-state index contributed by atoms with van der Waals surface area (Å²) in [6.07, 6.45) is 1.31. The monoisotopic (exact) mass is 222 g/mol. The van der Waals surface area contributed by atoms with E-state index in [0.717, 1.165) is 17.9 Å². The average Bonchev–Trinajstić information content (AvgIpc) is 2.15. The number of pyridine rings is 1.